The van der Waals surface area contributed by atoms with Crippen molar-refractivity contribution < 1.29 is 0 Å². The first-order chi connectivity index (χ1) is 12.2. The number of fused-ring (bicyclic) bond motifs is 1. The molecule has 3 aromatic heterocycles. The number of nitrogens with zero attached hydrogens (tertiary/aromatic N) is 2. The molecule has 2 N–H and O–H groups in total. The lowest BCUT2D eigenvalue weighted by Crippen LogP contribution is -1.95. The van der Waals surface area contributed by atoms with Gasteiger partial charge in [-0.1, -0.05) is 41.4 Å². The number of H-pyrrole nitrogens is 1. The number of para-hydroxylation sites is 1. The number of anilines is 2. The van der Waals surface area contributed by atoms with Gasteiger partial charge in [-0.3, -0.25) is 0 Å². The number of benzene rings is 1. The molecular weight excluding hydrogens is 355 g/mol. The van der Waals surface area contributed by atoms with Crippen molar-refractivity contribution in [3.05, 3.63) is 82.2 Å². The molecule has 0 atom stereocenters. The van der Waals surface area contributed by atoms with Crippen molar-refractivity contribution in [2.75, 3.05) is 5.32 Å². The summed E-state index contributed by atoms with van der Waals surface area (Å²) in [4.78, 5) is 11.9. The van der Waals surface area contributed by atoms with Gasteiger partial charge in [-0.2, -0.15) is 0 Å². The third-order valence-electron chi connectivity index (χ3n) is 3.94. The third-order valence-corrected chi connectivity index (χ3v) is 4.48. The summed E-state index contributed by atoms with van der Waals surface area (Å²) in [6.07, 6.45) is 6.21. The summed E-state index contributed by atoms with van der Waals surface area (Å²) in [6, 6.07) is 13.5. The summed E-state index contributed by atoms with van der Waals surface area (Å²) in [5.74, 6) is 0.750. The topological polar surface area (TPSA) is 53.6 Å². The van der Waals surface area contributed by atoms with E-state index in [4.69, 9.17) is 23.2 Å². The van der Waals surface area contributed by atoms with Crippen molar-refractivity contribution in [2.45, 2.75) is 6.42 Å². The zero-order chi connectivity index (χ0) is 17.2. The van der Waals surface area contributed by atoms with Crippen molar-refractivity contribution in [2.24, 2.45) is 0 Å². The van der Waals surface area contributed by atoms with E-state index in [0.717, 1.165) is 40.1 Å². The summed E-state index contributed by atoms with van der Waals surface area (Å²) in [5.41, 5.74) is 3.91. The van der Waals surface area contributed by atoms with Crippen LogP contribution in [0.1, 0.15) is 11.1 Å². The van der Waals surface area contributed by atoms with Crippen molar-refractivity contribution in [3.8, 4) is 0 Å². The van der Waals surface area contributed by atoms with E-state index >= 15 is 0 Å². The predicted octanol–water partition coefficient (Wildman–Crippen LogP) is 5.60. The highest BCUT2D eigenvalue weighted by Gasteiger charge is 2.07. The van der Waals surface area contributed by atoms with Crippen LogP contribution in [0, 0.1) is 0 Å². The summed E-state index contributed by atoms with van der Waals surface area (Å²) < 4.78 is 0. The van der Waals surface area contributed by atoms with Crippen LogP contribution in [-0.4, -0.2) is 15.0 Å². The van der Waals surface area contributed by atoms with Crippen LogP contribution in [0.25, 0.3) is 11.0 Å². The minimum atomic E-state index is 0.630. The quantitative estimate of drug-likeness (QED) is 0.492. The van der Waals surface area contributed by atoms with Crippen LogP contribution in [0.5, 0.6) is 0 Å². The van der Waals surface area contributed by atoms with Gasteiger partial charge >= 0.3 is 0 Å². The highest BCUT2D eigenvalue weighted by Crippen LogP contribution is 2.25. The Bertz CT molecular complexity index is 1030. The van der Waals surface area contributed by atoms with Gasteiger partial charge in [0.05, 0.1) is 15.7 Å². The fourth-order valence-electron chi connectivity index (χ4n) is 2.70. The molecule has 0 aliphatic heterocycles. The first kappa shape index (κ1) is 15.9. The normalized spacial score (nSPS) is 11.0. The highest BCUT2D eigenvalue weighted by atomic mass is 35.5. The van der Waals surface area contributed by atoms with E-state index in [1.54, 1.807) is 6.20 Å². The number of halogens is 2. The van der Waals surface area contributed by atoms with Gasteiger partial charge in [0, 0.05) is 30.4 Å². The summed E-state index contributed by atoms with van der Waals surface area (Å²) >= 11 is 12.2. The average Bonchev–Trinajstić information content (AvgIpc) is 3.01. The molecule has 0 fully saturated rings. The lowest BCUT2D eigenvalue weighted by Gasteiger charge is -2.08. The first-order valence-electron chi connectivity index (χ1n) is 7.77. The zero-order valence-corrected chi connectivity index (χ0v) is 14.6. The van der Waals surface area contributed by atoms with Crippen LogP contribution in [0.4, 0.5) is 11.5 Å². The Morgan fingerprint density at radius 1 is 1.00 bits per heavy atom. The number of hydrogen-bond acceptors (Lipinski definition) is 3. The molecule has 6 heteroatoms. The summed E-state index contributed by atoms with van der Waals surface area (Å²) in [6.45, 7) is 0. The highest BCUT2D eigenvalue weighted by molar-refractivity contribution is 6.33. The molecule has 0 saturated carbocycles. The molecule has 4 aromatic rings. The minimum Gasteiger partial charge on any atom is -0.346 e. The maximum Gasteiger partial charge on any atom is 0.137 e. The molecule has 25 heavy (non-hydrogen) atoms. The van der Waals surface area contributed by atoms with Gasteiger partial charge in [0.1, 0.15) is 11.5 Å². The van der Waals surface area contributed by atoms with Crippen molar-refractivity contribution in [1.29, 1.82) is 0 Å². The van der Waals surface area contributed by atoms with E-state index < -0.39 is 0 Å². The van der Waals surface area contributed by atoms with E-state index in [1.807, 2.05) is 54.9 Å². The van der Waals surface area contributed by atoms with Crippen LogP contribution in [0.15, 0.2) is 61.1 Å². The summed E-state index contributed by atoms with van der Waals surface area (Å²) in [5, 5.41) is 5.55. The summed E-state index contributed by atoms with van der Waals surface area (Å²) in [7, 11) is 0. The Morgan fingerprint density at radius 2 is 1.88 bits per heavy atom. The number of aromatic nitrogens is 3. The molecule has 0 amide bonds. The molecule has 0 radical (unpaired) electrons. The molecular formula is C19H14Cl2N4. The molecule has 124 valence electrons. The molecule has 3 heterocycles. The van der Waals surface area contributed by atoms with E-state index in [1.165, 1.54) is 0 Å². The second kappa shape index (κ2) is 6.75. The average molecular weight is 369 g/mol. The van der Waals surface area contributed by atoms with E-state index in [0.29, 0.717) is 10.0 Å². The Balaban J connectivity index is 1.54. The molecule has 0 aliphatic carbocycles. The molecule has 0 saturated heterocycles. The second-order valence-corrected chi connectivity index (χ2v) is 6.54. The monoisotopic (exact) mass is 368 g/mol. The van der Waals surface area contributed by atoms with Crippen molar-refractivity contribution in [3.63, 3.8) is 0 Å². The SMILES string of the molecule is Clc1cnc2[nH]cc(Cc3ccc(Nc4ccccc4Cl)nc3)c2c1. The smallest absolute Gasteiger partial charge is 0.137 e. The molecule has 4 nitrogen and oxygen atoms in total. The third kappa shape index (κ3) is 3.45. The van der Waals surface area contributed by atoms with Gasteiger partial charge in [0.25, 0.3) is 0 Å². The number of hydrogen-bond donors (Lipinski definition) is 2. The van der Waals surface area contributed by atoms with E-state index in [9.17, 15) is 0 Å². The van der Waals surface area contributed by atoms with E-state index in [-0.39, 0.29) is 0 Å². The molecule has 1 aromatic carbocycles. The fraction of sp³-hybridized carbons (Fsp3) is 0.0526. The zero-order valence-electron chi connectivity index (χ0n) is 13.1. The molecule has 0 bridgehead atoms. The van der Waals surface area contributed by atoms with Crippen molar-refractivity contribution in [1.82, 2.24) is 15.0 Å². The fourth-order valence-corrected chi connectivity index (χ4v) is 3.04. The van der Waals surface area contributed by atoms with Crippen LogP contribution < -0.4 is 5.32 Å². The minimum absolute atomic E-state index is 0.630. The van der Waals surface area contributed by atoms with Gasteiger partial charge in [-0.05, 0) is 35.4 Å². The lowest BCUT2D eigenvalue weighted by atomic mass is 10.1. The number of pyridine rings is 2. The predicted molar refractivity (Wildman–Crippen MR) is 103 cm³/mol. The van der Waals surface area contributed by atoms with Gasteiger partial charge in [-0.25, -0.2) is 9.97 Å². The maximum atomic E-state index is 6.16. The van der Waals surface area contributed by atoms with Gasteiger partial charge in [-0.15, -0.1) is 0 Å². The molecule has 0 spiro atoms. The molecule has 0 aliphatic rings. The van der Waals surface area contributed by atoms with Crippen LogP contribution >= 0.6 is 23.2 Å². The number of nitrogens with one attached hydrogen (secondary N) is 2. The maximum absolute atomic E-state index is 6.16. The van der Waals surface area contributed by atoms with Crippen LogP contribution in [0.2, 0.25) is 10.0 Å². The van der Waals surface area contributed by atoms with Crippen LogP contribution in [0.3, 0.4) is 0 Å². The van der Waals surface area contributed by atoms with Crippen molar-refractivity contribution >= 4 is 45.7 Å². The Labute approximate surface area is 154 Å². The standard InChI is InChI=1S/C19H14Cl2N4/c20-14-8-15-13(10-23-19(15)24-11-14)7-12-5-6-18(22-9-12)25-17-4-2-1-3-16(17)21/h1-6,8-11H,7H2,(H,22,25)(H,23,24). The molecule has 0 unspecified atom stereocenters. The second-order valence-electron chi connectivity index (χ2n) is 5.70. The van der Waals surface area contributed by atoms with Gasteiger partial charge in [0.15, 0.2) is 0 Å². The van der Waals surface area contributed by atoms with Gasteiger partial charge in [0.2, 0.25) is 0 Å². The van der Waals surface area contributed by atoms with Crippen LogP contribution in [-0.2, 0) is 6.42 Å². The van der Waals surface area contributed by atoms with E-state index in [2.05, 4.69) is 20.3 Å². The first-order valence-corrected chi connectivity index (χ1v) is 8.52. The Kier molecular flexibility index (Phi) is 4.30. The largest absolute Gasteiger partial charge is 0.346 e. The number of aromatic amines is 1. The number of rotatable bonds is 4. The lowest BCUT2D eigenvalue weighted by molar-refractivity contribution is 1.15. The Hall–Kier alpha value is -2.56. The van der Waals surface area contributed by atoms with Gasteiger partial charge < -0.3 is 10.3 Å². The molecule has 4 rings (SSSR count). The Morgan fingerprint density at radius 3 is 2.68 bits per heavy atom.